The van der Waals surface area contributed by atoms with Crippen LogP contribution in [0.2, 0.25) is 0 Å². The number of hydrogen-bond acceptors (Lipinski definition) is 5. The van der Waals surface area contributed by atoms with E-state index in [-0.39, 0.29) is 25.0 Å². The van der Waals surface area contributed by atoms with Crippen LogP contribution in [-0.4, -0.2) is 31.0 Å². The maximum Gasteiger partial charge on any atom is 0.338 e. The van der Waals surface area contributed by atoms with Gasteiger partial charge < -0.3 is 20.1 Å². The van der Waals surface area contributed by atoms with Crippen molar-refractivity contribution in [2.45, 2.75) is 13.8 Å². The molecule has 0 saturated heterocycles. The maximum atomic E-state index is 12.0. The first kappa shape index (κ1) is 19.0. The number of benzene rings is 2. The lowest BCUT2D eigenvalue weighted by molar-refractivity contribution is -0.118. The molecule has 0 spiro atoms. The van der Waals surface area contributed by atoms with Gasteiger partial charge in [0.05, 0.1) is 12.2 Å². The van der Waals surface area contributed by atoms with Crippen molar-refractivity contribution < 1.29 is 23.9 Å². The van der Waals surface area contributed by atoms with Gasteiger partial charge in [-0.2, -0.15) is 0 Å². The first-order valence-corrected chi connectivity index (χ1v) is 8.05. The highest BCUT2D eigenvalue weighted by molar-refractivity contribution is 5.93. The highest BCUT2D eigenvalue weighted by atomic mass is 16.5. The van der Waals surface area contributed by atoms with Gasteiger partial charge in [-0.05, 0) is 49.4 Å². The van der Waals surface area contributed by atoms with Crippen LogP contribution in [0.4, 0.5) is 11.4 Å². The van der Waals surface area contributed by atoms with Crippen molar-refractivity contribution in [2.75, 3.05) is 23.8 Å². The minimum atomic E-state index is -0.443. The molecule has 2 rings (SSSR count). The molecule has 136 valence electrons. The molecule has 0 bridgehead atoms. The van der Waals surface area contributed by atoms with Crippen LogP contribution in [-0.2, 0) is 14.3 Å². The number of amides is 2. The van der Waals surface area contributed by atoms with Crippen molar-refractivity contribution in [1.29, 1.82) is 0 Å². The van der Waals surface area contributed by atoms with Crippen molar-refractivity contribution in [3.05, 3.63) is 54.1 Å². The normalized spacial score (nSPS) is 9.92. The van der Waals surface area contributed by atoms with E-state index in [0.29, 0.717) is 22.7 Å². The zero-order chi connectivity index (χ0) is 18.9. The van der Waals surface area contributed by atoms with Gasteiger partial charge in [0.2, 0.25) is 5.91 Å². The molecular formula is C19H20N2O5. The molecule has 2 N–H and O–H groups in total. The summed E-state index contributed by atoms with van der Waals surface area (Å²) in [6.07, 6.45) is 0. The second-order valence-electron chi connectivity index (χ2n) is 5.34. The third kappa shape index (κ3) is 5.94. The van der Waals surface area contributed by atoms with E-state index < -0.39 is 5.97 Å². The molecule has 7 heteroatoms. The fourth-order valence-electron chi connectivity index (χ4n) is 2.11. The van der Waals surface area contributed by atoms with Crippen LogP contribution in [0.1, 0.15) is 24.2 Å². The minimum Gasteiger partial charge on any atom is -0.484 e. The Morgan fingerprint density at radius 2 is 1.62 bits per heavy atom. The Kier molecular flexibility index (Phi) is 6.73. The lowest BCUT2D eigenvalue weighted by Gasteiger charge is -2.09. The van der Waals surface area contributed by atoms with E-state index >= 15 is 0 Å². The Hall–Kier alpha value is -3.35. The fourth-order valence-corrected chi connectivity index (χ4v) is 2.11. The first-order valence-electron chi connectivity index (χ1n) is 8.05. The number of rotatable bonds is 7. The molecule has 2 aromatic carbocycles. The molecule has 0 heterocycles. The summed E-state index contributed by atoms with van der Waals surface area (Å²) in [7, 11) is 0. The maximum absolute atomic E-state index is 12.0. The molecule has 26 heavy (non-hydrogen) atoms. The average molecular weight is 356 g/mol. The van der Waals surface area contributed by atoms with E-state index in [1.807, 2.05) is 0 Å². The van der Waals surface area contributed by atoms with Crippen LogP contribution >= 0.6 is 0 Å². The molecule has 0 unspecified atom stereocenters. The van der Waals surface area contributed by atoms with Crippen LogP contribution in [0.25, 0.3) is 0 Å². The van der Waals surface area contributed by atoms with Gasteiger partial charge in [-0.1, -0.05) is 6.07 Å². The van der Waals surface area contributed by atoms with Crippen molar-refractivity contribution in [3.8, 4) is 5.75 Å². The van der Waals surface area contributed by atoms with Crippen LogP contribution in [0.3, 0.4) is 0 Å². The lowest BCUT2D eigenvalue weighted by atomic mass is 10.2. The molecule has 0 aliphatic rings. The van der Waals surface area contributed by atoms with Crippen molar-refractivity contribution in [2.24, 2.45) is 0 Å². The van der Waals surface area contributed by atoms with Crippen molar-refractivity contribution in [1.82, 2.24) is 0 Å². The quantitative estimate of drug-likeness (QED) is 0.744. The van der Waals surface area contributed by atoms with Gasteiger partial charge in [0, 0.05) is 18.3 Å². The molecule has 2 aromatic rings. The summed E-state index contributed by atoms with van der Waals surface area (Å²) in [6.45, 7) is 3.22. The average Bonchev–Trinajstić information content (AvgIpc) is 2.62. The second-order valence-corrected chi connectivity index (χ2v) is 5.34. The van der Waals surface area contributed by atoms with Crippen molar-refractivity contribution >= 4 is 29.2 Å². The van der Waals surface area contributed by atoms with Crippen LogP contribution in [0.5, 0.6) is 5.75 Å². The molecule has 0 radical (unpaired) electrons. The monoisotopic (exact) mass is 356 g/mol. The SMILES string of the molecule is CCOC(=O)c1cccc(OCC(=O)Nc2ccc(NC(C)=O)cc2)c1. The number of anilines is 2. The van der Waals surface area contributed by atoms with Gasteiger partial charge in [0.1, 0.15) is 5.75 Å². The molecule has 7 nitrogen and oxygen atoms in total. The molecule has 0 saturated carbocycles. The predicted molar refractivity (Wildman–Crippen MR) is 97.3 cm³/mol. The lowest BCUT2D eigenvalue weighted by Crippen LogP contribution is -2.20. The smallest absolute Gasteiger partial charge is 0.338 e. The number of carbonyl (C=O) groups is 3. The molecular weight excluding hydrogens is 336 g/mol. The predicted octanol–water partition coefficient (Wildman–Crippen LogP) is 2.84. The number of carbonyl (C=O) groups excluding carboxylic acids is 3. The Labute approximate surface area is 151 Å². The summed E-state index contributed by atoms with van der Waals surface area (Å²) >= 11 is 0. The number of ether oxygens (including phenoxy) is 2. The van der Waals surface area contributed by atoms with E-state index in [9.17, 15) is 14.4 Å². The molecule has 2 amide bonds. The summed E-state index contributed by atoms with van der Waals surface area (Å²) < 4.78 is 10.3. The first-order chi connectivity index (χ1) is 12.5. The number of hydrogen-bond donors (Lipinski definition) is 2. The van der Waals surface area contributed by atoms with E-state index in [4.69, 9.17) is 9.47 Å². The van der Waals surface area contributed by atoms with Gasteiger partial charge in [0.25, 0.3) is 5.91 Å². The Morgan fingerprint density at radius 1 is 0.962 bits per heavy atom. The van der Waals surface area contributed by atoms with E-state index in [0.717, 1.165) is 0 Å². The zero-order valence-electron chi connectivity index (χ0n) is 14.6. The highest BCUT2D eigenvalue weighted by Crippen LogP contribution is 2.15. The highest BCUT2D eigenvalue weighted by Gasteiger charge is 2.09. The van der Waals surface area contributed by atoms with E-state index in [1.54, 1.807) is 49.4 Å². The topological polar surface area (TPSA) is 93.7 Å². The minimum absolute atomic E-state index is 0.166. The van der Waals surface area contributed by atoms with Gasteiger partial charge >= 0.3 is 5.97 Å². The molecule has 0 aromatic heterocycles. The second kappa shape index (κ2) is 9.22. The third-order valence-corrected chi connectivity index (χ3v) is 3.20. The summed E-state index contributed by atoms with van der Waals surface area (Å²) in [6, 6.07) is 13.1. The molecule has 0 aliphatic heterocycles. The zero-order valence-corrected chi connectivity index (χ0v) is 14.6. The van der Waals surface area contributed by atoms with Gasteiger partial charge in [-0.25, -0.2) is 4.79 Å². The Balaban J connectivity index is 1.87. The third-order valence-electron chi connectivity index (χ3n) is 3.20. The van der Waals surface area contributed by atoms with Gasteiger partial charge in [-0.3, -0.25) is 9.59 Å². The van der Waals surface area contributed by atoms with Crippen LogP contribution in [0, 0.1) is 0 Å². The summed E-state index contributed by atoms with van der Waals surface area (Å²) in [4.78, 5) is 34.6. The molecule has 0 atom stereocenters. The molecule has 0 aliphatic carbocycles. The fraction of sp³-hybridized carbons (Fsp3) is 0.211. The van der Waals surface area contributed by atoms with E-state index in [1.165, 1.54) is 13.0 Å². The van der Waals surface area contributed by atoms with Gasteiger partial charge in [0.15, 0.2) is 6.61 Å². The summed E-state index contributed by atoms with van der Waals surface area (Å²) in [5.41, 5.74) is 1.58. The Morgan fingerprint density at radius 3 is 2.23 bits per heavy atom. The number of esters is 1. The van der Waals surface area contributed by atoms with Crippen LogP contribution < -0.4 is 15.4 Å². The van der Waals surface area contributed by atoms with Crippen LogP contribution in [0.15, 0.2) is 48.5 Å². The van der Waals surface area contributed by atoms with E-state index in [2.05, 4.69) is 10.6 Å². The van der Waals surface area contributed by atoms with Gasteiger partial charge in [-0.15, -0.1) is 0 Å². The van der Waals surface area contributed by atoms with Crippen molar-refractivity contribution in [3.63, 3.8) is 0 Å². The Bertz CT molecular complexity index is 787. The number of nitrogens with one attached hydrogen (secondary N) is 2. The summed E-state index contributed by atoms with van der Waals surface area (Å²) in [5.74, 6) is -0.563. The molecule has 0 fully saturated rings. The standard InChI is InChI=1S/C19H20N2O5/c1-3-25-19(24)14-5-4-6-17(11-14)26-12-18(23)21-16-9-7-15(8-10-16)20-13(2)22/h4-11H,3,12H2,1-2H3,(H,20,22)(H,21,23). The summed E-state index contributed by atoms with van der Waals surface area (Å²) in [5, 5.41) is 5.32. The largest absolute Gasteiger partial charge is 0.484 e.